The minimum Gasteiger partial charge on any atom is -0.497 e. The number of ether oxygens (including phenoxy) is 1. The van der Waals surface area contributed by atoms with Gasteiger partial charge in [0, 0.05) is 35.2 Å². The molecule has 4 rings (SSSR count). The molecule has 26 heavy (non-hydrogen) atoms. The van der Waals surface area contributed by atoms with E-state index in [1.807, 2.05) is 56.6 Å². The number of rotatable bonds is 5. The third-order valence-corrected chi connectivity index (χ3v) is 4.71. The van der Waals surface area contributed by atoms with Crippen molar-refractivity contribution in [3.63, 3.8) is 0 Å². The number of ketones is 1. The van der Waals surface area contributed by atoms with Gasteiger partial charge in [-0.1, -0.05) is 18.2 Å². The van der Waals surface area contributed by atoms with Gasteiger partial charge in [-0.15, -0.1) is 0 Å². The van der Waals surface area contributed by atoms with Crippen molar-refractivity contribution in [2.45, 2.75) is 0 Å². The minimum atomic E-state index is 0.0307. The fourth-order valence-electron chi connectivity index (χ4n) is 3.43. The van der Waals surface area contributed by atoms with E-state index in [9.17, 15) is 4.79 Å². The summed E-state index contributed by atoms with van der Waals surface area (Å²) in [6, 6.07) is 13.5. The van der Waals surface area contributed by atoms with E-state index in [0.717, 1.165) is 46.5 Å². The second-order valence-corrected chi connectivity index (χ2v) is 6.70. The molecule has 1 aromatic heterocycles. The van der Waals surface area contributed by atoms with Crippen molar-refractivity contribution in [1.29, 1.82) is 0 Å². The van der Waals surface area contributed by atoms with Gasteiger partial charge in [0.25, 0.3) is 0 Å². The highest BCUT2D eigenvalue weighted by atomic mass is 16.5. The van der Waals surface area contributed by atoms with Crippen LogP contribution in [-0.4, -0.2) is 50.0 Å². The Hall–Kier alpha value is -2.92. The molecule has 0 fully saturated rings. The van der Waals surface area contributed by atoms with Crippen LogP contribution in [0.4, 0.5) is 5.82 Å². The van der Waals surface area contributed by atoms with Crippen LogP contribution in [0, 0.1) is 0 Å². The average molecular weight is 347 g/mol. The number of carbonyl (C=O) groups excluding carboxylic acids is 1. The lowest BCUT2D eigenvalue weighted by Crippen LogP contribution is -2.21. The summed E-state index contributed by atoms with van der Waals surface area (Å²) in [4.78, 5) is 20.1. The number of aromatic nitrogens is 1. The Balaban J connectivity index is 1.92. The van der Waals surface area contributed by atoms with Crippen LogP contribution >= 0.6 is 0 Å². The summed E-state index contributed by atoms with van der Waals surface area (Å²) in [6.45, 7) is 1.64. The van der Waals surface area contributed by atoms with E-state index in [0.29, 0.717) is 11.3 Å². The van der Waals surface area contributed by atoms with E-state index in [1.165, 1.54) is 0 Å². The summed E-state index contributed by atoms with van der Waals surface area (Å²) in [5, 5.41) is 4.31. The standard InChI is InChI=1S/C21H21N3O2/c1-24(2)11-10-22-21-19-14-9-8-13(26-3)12-16(14)20(25)18(19)15-6-4-5-7-17(15)23-21/h4-9,12H,10-11H2,1-3H3,(H,22,23). The monoisotopic (exact) mass is 347 g/mol. The zero-order chi connectivity index (χ0) is 18.3. The maximum atomic E-state index is 13.2. The molecule has 5 nitrogen and oxygen atoms in total. The maximum absolute atomic E-state index is 13.2. The highest BCUT2D eigenvalue weighted by Gasteiger charge is 2.32. The number of anilines is 1. The van der Waals surface area contributed by atoms with Crippen molar-refractivity contribution >= 4 is 22.5 Å². The van der Waals surface area contributed by atoms with Gasteiger partial charge in [-0.25, -0.2) is 4.98 Å². The highest BCUT2D eigenvalue weighted by Crippen LogP contribution is 2.44. The number of pyridine rings is 1. The Labute approximate surface area is 152 Å². The molecule has 1 aliphatic carbocycles. The second-order valence-electron chi connectivity index (χ2n) is 6.70. The van der Waals surface area contributed by atoms with Crippen molar-refractivity contribution in [3.05, 3.63) is 53.6 Å². The Morgan fingerprint density at radius 3 is 2.65 bits per heavy atom. The van der Waals surface area contributed by atoms with Gasteiger partial charge in [0.2, 0.25) is 0 Å². The molecule has 2 aromatic carbocycles. The first-order valence-corrected chi connectivity index (χ1v) is 8.64. The predicted octanol–water partition coefficient (Wildman–Crippen LogP) is 3.43. The van der Waals surface area contributed by atoms with Crippen LogP contribution in [0.25, 0.3) is 22.0 Å². The third kappa shape index (κ3) is 2.61. The van der Waals surface area contributed by atoms with Gasteiger partial charge >= 0.3 is 0 Å². The zero-order valence-corrected chi connectivity index (χ0v) is 15.2. The van der Waals surface area contributed by atoms with Gasteiger partial charge in [-0.2, -0.15) is 0 Å². The number of fused-ring (bicyclic) bond motifs is 5. The summed E-state index contributed by atoms with van der Waals surface area (Å²) in [7, 11) is 5.68. The molecule has 0 saturated heterocycles. The lowest BCUT2D eigenvalue weighted by atomic mass is 10.0. The molecule has 0 bridgehead atoms. The van der Waals surface area contributed by atoms with Gasteiger partial charge in [-0.05, 0) is 43.9 Å². The summed E-state index contributed by atoms with van der Waals surface area (Å²) < 4.78 is 5.31. The van der Waals surface area contributed by atoms with Crippen molar-refractivity contribution in [2.75, 3.05) is 39.6 Å². The number of carbonyl (C=O) groups is 1. The first-order chi connectivity index (χ1) is 12.6. The molecule has 1 heterocycles. The molecular formula is C21H21N3O2. The van der Waals surface area contributed by atoms with Crippen molar-refractivity contribution in [1.82, 2.24) is 9.88 Å². The van der Waals surface area contributed by atoms with Gasteiger partial charge < -0.3 is 15.0 Å². The maximum Gasteiger partial charge on any atom is 0.195 e. The van der Waals surface area contributed by atoms with Crippen molar-refractivity contribution in [2.24, 2.45) is 0 Å². The van der Waals surface area contributed by atoms with Gasteiger partial charge in [-0.3, -0.25) is 4.79 Å². The Kier molecular flexibility index (Phi) is 4.09. The molecule has 1 N–H and O–H groups in total. The molecule has 0 radical (unpaired) electrons. The van der Waals surface area contributed by atoms with Crippen LogP contribution in [-0.2, 0) is 0 Å². The number of hydrogen-bond acceptors (Lipinski definition) is 5. The summed E-state index contributed by atoms with van der Waals surface area (Å²) in [5.41, 5.74) is 4.03. The van der Waals surface area contributed by atoms with Crippen molar-refractivity contribution < 1.29 is 9.53 Å². The summed E-state index contributed by atoms with van der Waals surface area (Å²) in [6.07, 6.45) is 0. The molecule has 0 aliphatic heterocycles. The van der Waals surface area contributed by atoms with Crippen LogP contribution in [0.2, 0.25) is 0 Å². The van der Waals surface area contributed by atoms with E-state index >= 15 is 0 Å². The van der Waals surface area contributed by atoms with Crippen LogP contribution in [0.15, 0.2) is 42.5 Å². The van der Waals surface area contributed by atoms with Crippen LogP contribution in [0.5, 0.6) is 5.75 Å². The average Bonchev–Trinajstić information content (AvgIpc) is 2.94. The number of likely N-dealkylation sites (N-methyl/N-ethyl adjacent to an activating group) is 1. The zero-order valence-electron chi connectivity index (χ0n) is 15.2. The fraction of sp³-hybridized carbons (Fsp3) is 0.238. The number of benzene rings is 2. The molecule has 1 aliphatic rings. The van der Waals surface area contributed by atoms with Crippen LogP contribution in [0.3, 0.4) is 0 Å². The van der Waals surface area contributed by atoms with Gasteiger partial charge in [0.1, 0.15) is 11.6 Å². The van der Waals surface area contributed by atoms with Gasteiger partial charge in [0.15, 0.2) is 5.78 Å². The van der Waals surface area contributed by atoms with Crippen LogP contribution < -0.4 is 10.1 Å². The largest absolute Gasteiger partial charge is 0.497 e. The molecule has 0 amide bonds. The molecule has 5 heteroatoms. The summed E-state index contributed by atoms with van der Waals surface area (Å²) in [5.74, 6) is 1.48. The molecule has 3 aromatic rings. The lowest BCUT2D eigenvalue weighted by Gasteiger charge is -2.15. The Bertz CT molecular complexity index is 1010. The van der Waals surface area contributed by atoms with Gasteiger partial charge in [0.05, 0.1) is 12.6 Å². The first-order valence-electron chi connectivity index (χ1n) is 8.64. The summed E-state index contributed by atoms with van der Waals surface area (Å²) >= 11 is 0. The Morgan fingerprint density at radius 2 is 1.88 bits per heavy atom. The van der Waals surface area contributed by atoms with E-state index in [2.05, 4.69) is 10.2 Å². The molecule has 0 atom stereocenters. The molecule has 0 saturated carbocycles. The van der Waals surface area contributed by atoms with E-state index in [4.69, 9.17) is 9.72 Å². The number of methoxy groups -OCH3 is 1. The Morgan fingerprint density at radius 1 is 1.08 bits per heavy atom. The molecule has 0 unspecified atom stereocenters. The topological polar surface area (TPSA) is 54.5 Å². The smallest absolute Gasteiger partial charge is 0.195 e. The highest BCUT2D eigenvalue weighted by molar-refractivity contribution is 6.28. The normalized spacial score (nSPS) is 12.4. The SMILES string of the molecule is COc1ccc2c(c1)C(=O)c1c-2c(NCCN(C)C)nc2ccccc12. The van der Waals surface area contributed by atoms with E-state index in [-0.39, 0.29) is 5.78 Å². The fourth-order valence-corrected chi connectivity index (χ4v) is 3.43. The van der Waals surface area contributed by atoms with E-state index < -0.39 is 0 Å². The second kappa shape index (κ2) is 6.42. The number of nitrogens with zero attached hydrogens (tertiary/aromatic N) is 2. The molecule has 132 valence electrons. The van der Waals surface area contributed by atoms with Crippen LogP contribution in [0.1, 0.15) is 15.9 Å². The number of hydrogen-bond donors (Lipinski definition) is 1. The van der Waals surface area contributed by atoms with E-state index in [1.54, 1.807) is 7.11 Å². The number of nitrogens with one attached hydrogen (secondary N) is 1. The predicted molar refractivity (Wildman–Crippen MR) is 104 cm³/mol. The molecular weight excluding hydrogens is 326 g/mol. The number of para-hydroxylation sites is 1. The third-order valence-electron chi connectivity index (χ3n) is 4.71. The first kappa shape index (κ1) is 16.5. The quantitative estimate of drug-likeness (QED) is 0.599. The minimum absolute atomic E-state index is 0.0307. The molecule has 0 spiro atoms. The van der Waals surface area contributed by atoms with Crippen molar-refractivity contribution in [3.8, 4) is 16.9 Å². The lowest BCUT2D eigenvalue weighted by molar-refractivity contribution is 0.104.